The number of thiophene rings is 1. The Bertz CT molecular complexity index is 1360. The van der Waals surface area contributed by atoms with E-state index in [0.29, 0.717) is 5.56 Å². The summed E-state index contributed by atoms with van der Waals surface area (Å²) in [6.45, 7) is 12.5. The van der Waals surface area contributed by atoms with E-state index in [9.17, 15) is 4.79 Å². The van der Waals surface area contributed by atoms with Crippen LogP contribution in [0.3, 0.4) is 0 Å². The molecule has 1 amide bonds. The van der Waals surface area contributed by atoms with E-state index in [1.165, 1.54) is 15.4 Å². The summed E-state index contributed by atoms with van der Waals surface area (Å²) < 4.78 is 1.88. The molecular formula is C27H32N6OS. The number of fused-ring (bicyclic) bond motifs is 1. The molecule has 1 aromatic carbocycles. The molecule has 8 heteroatoms. The second-order valence-corrected chi connectivity index (χ2v) is 11.1. The largest absolute Gasteiger partial charge is 0.369 e. The maximum absolute atomic E-state index is 13.5. The number of pyridine rings is 1. The van der Waals surface area contributed by atoms with Crippen molar-refractivity contribution in [1.29, 1.82) is 0 Å². The van der Waals surface area contributed by atoms with Crippen LogP contribution in [-0.2, 0) is 0 Å². The minimum atomic E-state index is -0.154. The van der Waals surface area contributed by atoms with Crippen LogP contribution in [-0.4, -0.2) is 58.8 Å². The van der Waals surface area contributed by atoms with Crippen LogP contribution in [0.5, 0.6) is 0 Å². The first-order chi connectivity index (χ1) is 16.8. The van der Waals surface area contributed by atoms with Crippen LogP contribution >= 0.6 is 11.3 Å². The van der Waals surface area contributed by atoms with Crippen molar-refractivity contribution in [3.05, 3.63) is 57.9 Å². The molecule has 0 saturated carbocycles. The van der Waals surface area contributed by atoms with Gasteiger partial charge in [0.2, 0.25) is 0 Å². The Morgan fingerprint density at radius 2 is 1.77 bits per heavy atom. The van der Waals surface area contributed by atoms with Gasteiger partial charge in [-0.05, 0) is 71.1 Å². The van der Waals surface area contributed by atoms with Crippen LogP contribution in [0, 0.1) is 13.8 Å². The van der Waals surface area contributed by atoms with Crippen molar-refractivity contribution in [1.82, 2.24) is 19.7 Å². The molecule has 0 spiro atoms. The maximum Gasteiger partial charge on any atom is 0.256 e. The lowest BCUT2D eigenvalue weighted by Crippen LogP contribution is -2.44. The fraction of sp³-hybridized carbons (Fsp3) is 0.370. The van der Waals surface area contributed by atoms with Gasteiger partial charge in [0.25, 0.3) is 5.91 Å². The number of aryl methyl sites for hydroxylation is 2. The van der Waals surface area contributed by atoms with E-state index in [-0.39, 0.29) is 11.9 Å². The summed E-state index contributed by atoms with van der Waals surface area (Å²) in [5.74, 6) is -0.154. The van der Waals surface area contributed by atoms with E-state index in [1.54, 1.807) is 17.5 Å². The van der Waals surface area contributed by atoms with E-state index in [2.05, 4.69) is 73.2 Å². The summed E-state index contributed by atoms with van der Waals surface area (Å²) in [5, 5.41) is 8.40. The Morgan fingerprint density at radius 3 is 2.40 bits per heavy atom. The lowest BCUT2D eigenvalue weighted by atomic mass is 10.1. The lowest BCUT2D eigenvalue weighted by Gasteiger charge is -2.34. The van der Waals surface area contributed by atoms with Crippen molar-refractivity contribution in [3.8, 4) is 11.3 Å². The Morgan fingerprint density at radius 1 is 1.06 bits per heavy atom. The summed E-state index contributed by atoms with van der Waals surface area (Å²) in [6.07, 6.45) is 1.75. The highest BCUT2D eigenvalue weighted by Gasteiger charge is 2.20. The molecule has 7 nitrogen and oxygen atoms in total. The molecule has 1 aliphatic rings. The van der Waals surface area contributed by atoms with Gasteiger partial charge in [-0.3, -0.25) is 4.79 Å². The van der Waals surface area contributed by atoms with E-state index >= 15 is 0 Å². The van der Waals surface area contributed by atoms with E-state index in [1.807, 2.05) is 22.9 Å². The van der Waals surface area contributed by atoms with E-state index in [4.69, 9.17) is 4.98 Å². The minimum absolute atomic E-state index is 0.138. The second kappa shape index (κ2) is 9.43. The number of piperazine rings is 1. The molecule has 182 valence electrons. The predicted molar refractivity (Wildman–Crippen MR) is 145 cm³/mol. The topological polar surface area (TPSA) is 66.3 Å². The van der Waals surface area contributed by atoms with Crippen LogP contribution in [0.4, 0.5) is 11.4 Å². The zero-order valence-corrected chi connectivity index (χ0v) is 21.8. The van der Waals surface area contributed by atoms with Gasteiger partial charge in [0.05, 0.1) is 22.8 Å². The van der Waals surface area contributed by atoms with Crippen LogP contribution in [0.1, 0.15) is 40.0 Å². The number of likely N-dealkylation sites (N-methyl/N-ethyl adjacent to an activating group) is 1. The normalized spacial score (nSPS) is 14.7. The van der Waals surface area contributed by atoms with Crippen molar-refractivity contribution < 1.29 is 4.79 Å². The third kappa shape index (κ3) is 4.68. The molecule has 0 unspecified atom stereocenters. The Labute approximate surface area is 210 Å². The monoisotopic (exact) mass is 488 g/mol. The zero-order valence-electron chi connectivity index (χ0n) is 21.0. The summed E-state index contributed by atoms with van der Waals surface area (Å²) >= 11 is 1.74. The van der Waals surface area contributed by atoms with Gasteiger partial charge in [0, 0.05) is 58.9 Å². The fourth-order valence-corrected chi connectivity index (χ4v) is 5.56. The molecule has 0 aliphatic carbocycles. The molecule has 4 heterocycles. The molecule has 1 saturated heterocycles. The van der Waals surface area contributed by atoms with Crippen molar-refractivity contribution in [3.63, 3.8) is 0 Å². The van der Waals surface area contributed by atoms with Gasteiger partial charge in [-0.2, -0.15) is 5.10 Å². The number of nitrogens with zero attached hydrogens (tertiary/aromatic N) is 5. The number of hydrogen-bond donors (Lipinski definition) is 1. The Hall–Kier alpha value is -3.23. The molecule has 0 bridgehead atoms. The highest BCUT2D eigenvalue weighted by atomic mass is 32.1. The molecule has 3 aromatic heterocycles. The quantitative estimate of drug-likeness (QED) is 0.410. The van der Waals surface area contributed by atoms with Gasteiger partial charge in [-0.1, -0.05) is 0 Å². The van der Waals surface area contributed by atoms with Crippen LogP contribution in [0.15, 0.2) is 42.6 Å². The molecule has 0 radical (unpaired) electrons. The first kappa shape index (κ1) is 23.5. The molecule has 1 aliphatic heterocycles. The van der Waals surface area contributed by atoms with Gasteiger partial charge >= 0.3 is 0 Å². The number of amides is 1. The highest BCUT2D eigenvalue weighted by Crippen LogP contribution is 2.33. The van der Waals surface area contributed by atoms with Crippen molar-refractivity contribution in [2.24, 2.45) is 0 Å². The lowest BCUT2D eigenvalue weighted by molar-refractivity contribution is 0.102. The van der Waals surface area contributed by atoms with Gasteiger partial charge in [-0.25, -0.2) is 9.67 Å². The third-order valence-electron chi connectivity index (χ3n) is 6.61. The number of aromatic nitrogens is 3. The van der Waals surface area contributed by atoms with Crippen molar-refractivity contribution in [2.45, 2.75) is 33.7 Å². The summed E-state index contributed by atoms with van der Waals surface area (Å²) in [7, 11) is 2.16. The first-order valence-electron chi connectivity index (χ1n) is 12.1. The molecule has 1 fully saturated rings. The molecule has 5 rings (SSSR count). The number of hydrogen-bond acceptors (Lipinski definition) is 6. The number of anilines is 2. The van der Waals surface area contributed by atoms with Crippen LogP contribution in [0.2, 0.25) is 0 Å². The first-order valence-corrected chi connectivity index (χ1v) is 12.9. The van der Waals surface area contributed by atoms with Crippen LogP contribution in [0.25, 0.3) is 22.3 Å². The number of nitrogens with one attached hydrogen (secondary N) is 1. The highest BCUT2D eigenvalue weighted by molar-refractivity contribution is 7.12. The fourth-order valence-electron chi connectivity index (χ4n) is 4.63. The maximum atomic E-state index is 13.5. The number of carbonyl (C=O) groups is 1. The van der Waals surface area contributed by atoms with Crippen LogP contribution < -0.4 is 10.2 Å². The van der Waals surface area contributed by atoms with Gasteiger partial charge in [0.15, 0.2) is 5.65 Å². The molecule has 0 atom stereocenters. The van der Waals surface area contributed by atoms with Gasteiger partial charge < -0.3 is 15.1 Å². The van der Waals surface area contributed by atoms with Gasteiger partial charge in [0.1, 0.15) is 0 Å². The Kier molecular flexibility index (Phi) is 6.34. The second-order valence-electron chi connectivity index (χ2n) is 9.59. The average Bonchev–Trinajstić information content (AvgIpc) is 3.42. The van der Waals surface area contributed by atoms with Crippen molar-refractivity contribution >= 4 is 39.7 Å². The molecule has 1 N–H and O–H groups in total. The van der Waals surface area contributed by atoms with E-state index in [0.717, 1.165) is 54.2 Å². The number of carbonyl (C=O) groups excluding carboxylic acids is 1. The van der Waals surface area contributed by atoms with Crippen molar-refractivity contribution in [2.75, 3.05) is 43.4 Å². The zero-order chi connectivity index (χ0) is 24.7. The average molecular weight is 489 g/mol. The smallest absolute Gasteiger partial charge is 0.256 e. The summed E-state index contributed by atoms with van der Waals surface area (Å²) in [6, 6.07) is 12.3. The molecule has 4 aromatic rings. The number of rotatable bonds is 5. The number of benzene rings is 1. The molecule has 35 heavy (non-hydrogen) atoms. The molecular weight excluding hydrogens is 456 g/mol. The van der Waals surface area contributed by atoms with E-state index < -0.39 is 0 Å². The van der Waals surface area contributed by atoms with Gasteiger partial charge in [-0.15, -0.1) is 11.3 Å². The SMILES string of the molecule is Cc1cc(-c2cc(C(=O)Nc3ccc(N4CCN(C)CC4)cc3)c3cnn(C(C)C)c3n2)c(C)s1. The minimum Gasteiger partial charge on any atom is -0.369 e. The summed E-state index contributed by atoms with van der Waals surface area (Å²) in [4.78, 5) is 25.6. The predicted octanol–water partition coefficient (Wildman–Crippen LogP) is 5.36. The summed E-state index contributed by atoms with van der Waals surface area (Å²) in [5.41, 5.74) is 5.15. The standard InChI is InChI=1S/C27H32N6OS/c1-17(2)33-26-24(16-28-33)23(15-25(30-26)22-14-18(3)35-19(22)4)27(34)29-20-6-8-21(9-7-20)32-12-10-31(5)11-13-32/h6-9,14-17H,10-13H2,1-5H3,(H,29,34). The third-order valence-corrected chi connectivity index (χ3v) is 7.58. The Balaban J connectivity index is 1.46.